The van der Waals surface area contributed by atoms with Gasteiger partial charge in [-0.05, 0) is 109 Å². The van der Waals surface area contributed by atoms with E-state index in [9.17, 15) is 0 Å². The topological polar surface area (TPSA) is 35.0 Å². The lowest BCUT2D eigenvalue weighted by atomic mass is 9.74. The van der Waals surface area contributed by atoms with Crippen molar-refractivity contribution in [3.05, 3.63) is 107 Å². The molecule has 2 aromatic carbocycles. The van der Waals surface area contributed by atoms with Gasteiger partial charge < -0.3 is 4.74 Å². The van der Waals surface area contributed by atoms with Crippen molar-refractivity contribution < 1.29 is 4.74 Å². The van der Waals surface area contributed by atoms with Crippen LogP contribution in [0.2, 0.25) is 0 Å². The maximum absolute atomic E-state index is 7.78. The number of ether oxygens (including phenoxy) is 1. The Hall–Kier alpha value is -3.30. The first-order chi connectivity index (χ1) is 30.1. The summed E-state index contributed by atoms with van der Waals surface area (Å²) in [4.78, 5) is 9.86. The zero-order chi connectivity index (χ0) is 42.5. The average Bonchev–Trinajstić information content (AvgIpc) is 3.31. The highest BCUT2D eigenvalue weighted by molar-refractivity contribution is 5.60. The summed E-state index contributed by atoms with van der Waals surface area (Å²) in [6, 6.07) is 27.8. The minimum Gasteiger partial charge on any atom is -0.365 e. The molecule has 3 nitrogen and oxygen atoms in total. The van der Waals surface area contributed by atoms with Crippen LogP contribution in [0.3, 0.4) is 0 Å². The highest BCUT2D eigenvalue weighted by Crippen LogP contribution is 2.47. The molecular weight excluding hydrogens is 741 g/mol. The van der Waals surface area contributed by atoms with E-state index in [0.29, 0.717) is 11.8 Å². The van der Waals surface area contributed by atoms with Crippen molar-refractivity contribution in [3.63, 3.8) is 0 Å². The van der Waals surface area contributed by atoms with Crippen LogP contribution in [0.5, 0.6) is 0 Å². The monoisotopic (exact) mass is 825 g/mol. The zero-order valence-electron chi connectivity index (χ0n) is 39.2. The molecular formula is C58H84N2O. The number of rotatable bonds is 26. The van der Waals surface area contributed by atoms with Crippen LogP contribution in [0, 0.1) is 23.7 Å². The third-order valence-corrected chi connectivity index (χ3v) is 14.7. The number of hydrogen-bond acceptors (Lipinski definition) is 3. The maximum atomic E-state index is 7.78. The largest absolute Gasteiger partial charge is 0.365 e. The van der Waals surface area contributed by atoms with E-state index in [4.69, 9.17) is 14.7 Å². The van der Waals surface area contributed by atoms with E-state index in [-0.39, 0.29) is 12.2 Å². The van der Waals surface area contributed by atoms with Crippen LogP contribution in [-0.2, 0) is 17.6 Å². The molecule has 2 aromatic heterocycles. The highest BCUT2D eigenvalue weighted by Gasteiger charge is 2.36. The molecule has 0 saturated heterocycles. The molecule has 4 aromatic rings. The molecule has 332 valence electrons. The van der Waals surface area contributed by atoms with Crippen molar-refractivity contribution in [1.82, 2.24) is 9.97 Å². The molecule has 0 aliphatic heterocycles. The van der Waals surface area contributed by atoms with E-state index in [1.54, 1.807) is 0 Å². The first-order valence-corrected chi connectivity index (χ1v) is 25.8. The van der Waals surface area contributed by atoms with Crippen LogP contribution in [0.15, 0.2) is 85.2 Å². The second kappa shape index (κ2) is 26.4. The second-order valence-corrected chi connectivity index (χ2v) is 19.5. The molecule has 0 N–H and O–H groups in total. The standard InChI is InChI=1S/C58H84N2O/c1-5-9-13-17-19-45-23-29-51(30-24-45)57(53-37-33-49(34-38-53)55-41-27-47(43-59-55)21-15-11-7-3)61-58(52-31-25-46(26-32-52)20-18-14-10-6-2)54-39-35-50(36-40-54)56-42-28-48(44-60-56)22-16-12-8-4/h27-28,33-46,51-52,57-58H,5-26,29-32H2,1-4H3. The van der Waals surface area contributed by atoms with Crippen molar-refractivity contribution in [2.45, 2.75) is 207 Å². The van der Waals surface area contributed by atoms with Gasteiger partial charge in [-0.1, -0.05) is 204 Å². The summed E-state index contributed by atoms with van der Waals surface area (Å²) in [5, 5.41) is 0. The van der Waals surface area contributed by atoms with E-state index in [1.165, 1.54) is 187 Å². The van der Waals surface area contributed by atoms with Crippen LogP contribution in [0.1, 0.15) is 216 Å². The Morgan fingerprint density at radius 3 is 1.15 bits per heavy atom. The van der Waals surface area contributed by atoms with Crippen molar-refractivity contribution in [2.75, 3.05) is 0 Å². The summed E-state index contributed by atoms with van der Waals surface area (Å²) in [5.74, 6) is 2.83. The van der Waals surface area contributed by atoms with Crippen LogP contribution >= 0.6 is 0 Å². The molecule has 2 heterocycles. The molecule has 0 amide bonds. The van der Waals surface area contributed by atoms with E-state index in [1.807, 2.05) is 0 Å². The predicted molar refractivity (Wildman–Crippen MR) is 261 cm³/mol. The Kier molecular flexibility index (Phi) is 20.4. The molecule has 0 bridgehead atoms. The highest BCUT2D eigenvalue weighted by atomic mass is 16.5. The number of unbranched alkanes of at least 4 members (excludes halogenated alkanes) is 10. The van der Waals surface area contributed by atoms with Gasteiger partial charge in [-0.3, -0.25) is 9.97 Å². The lowest BCUT2D eigenvalue weighted by Crippen LogP contribution is -2.28. The molecule has 6 rings (SSSR count). The zero-order valence-corrected chi connectivity index (χ0v) is 39.2. The molecule has 0 spiro atoms. The van der Waals surface area contributed by atoms with Gasteiger partial charge in [-0.2, -0.15) is 0 Å². The van der Waals surface area contributed by atoms with Crippen molar-refractivity contribution in [2.24, 2.45) is 23.7 Å². The maximum Gasteiger partial charge on any atom is 0.0861 e. The SMILES string of the molecule is CCCCCCC1CCC(C(OC(c2ccc(-c3ccc(CCCCC)cn3)cc2)C2CCC(CCCCCC)CC2)c2ccc(-c3ccc(CCCCC)cn3)cc2)CC1. The van der Waals surface area contributed by atoms with Gasteiger partial charge in [-0.15, -0.1) is 0 Å². The third-order valence-electron chi connectivity index (χ3n) is 14.7. The first kappa shape index (κ1) is 47.2. The lowest BCUT2D eigenvalue weighted by molar-refractivity contribution is -0.0907. The Morgan fingerprint density at radius 1 is 0.426 bits per heavy atom. The molecule has 2 atom stereocenters. The molecule has 2 aliphatic rings. The number of pyridine rings is 2. The molecule has 2 unspecified atom stereocenters. The number of hydrogen-bond donors (Lipinski definition) is 0. The summed E-state index contributed by atoms with van der Waals surface area (Å²) in [5.41, 5.74) is 9.92. The van der Waals surface area contributed by atoms with Crippen LogP contribution in [-0.4, -0.2) is 9.97 Å². The number of nitrogens with zero attached hydrogens (tertiary/aromatic N) is 2. The quantitative estimate of drug-likeness (QED) is 0.0592. The number of benzene rings is 2. The van der Waals surface area contributed by atoms with E-state index in [2.05, 4.69) is 113 Å². The molecule has 61 heavy (non-hydrogen) atoms. The van der Waals surface area contributed by atoms with Gasteiger partial charge in [0.15, 0.2) is 0 Å². The fraction of sp³-hybridized carbons (Fsp3) is 0.621. The summed E-state index contributed by atoms with van der Waals surface area (Å²) in [6.07, 6.45) is 38.4. The summed E-state index contributed by atoms with van der Waals surface area (Å²) in [6.45, 7) is 9.19. The van der Waals surface area contributed by atoms with Crippen molar-refractivity contribution >= 4 is 0 Å². The Morgan fingerprint density at radius 2 is 0.803 bits per heavy atom. The van der Waals surface area contributed by atoms with Gasteiger partial charge in [0.2, 0.25) is 0 Å². The third kappa shape index (κ3) is 14.9. The van der Waals surface area contributed by atoms with Crippen molar-refractivity contribution in [1.29, 1.82) is 0 Å². The van der Waals surface area contributed by atoms with Crippen molar-refractivity contribution in [3.8, 4) is 22.5 Å². The Labute approximate surface area is 373 Å². The van der Waals surface area contributed by atoms with Crippen LogP contribution < -0.4 is 0 Å². The minimum atomic E-state index is 0.0855. The van der Waals surface area contributed by atoms with E-state index in [0.717, 1.165) is 36.1 Å². The molecule has 2 saturated carbocycles. The summed E-state index contributed by atoms with van der Waals surface area (Å²) < 4.78 is 7.78. The molecule has 2 aliphatic carbocycles. The number of aryl methyl sites for hydroxylation is 2. The van der Waals surface area contributed by atoms with Gasteiger partial charge >= 0.3 is 0 Å². The Bertz CT molecular complexity index is 1600. The molecule has 3 heteroatoms. The van der Waals surface area contributed by atoms with E-state index >= 15 is 0 Å². The lowest BCUT2D eigenvalue weighted by Gasteiger charge is -2.40. The van der Waals surface area contributed by atoms with Crippen LogP contribution in [0.25, 0.3) is 22.5 Å². The minimum absolute atomic E-state index is 0.0855. The normalized spacial score (nSPS) is 20.4. The van der Waals surface area contributed by atoms with Gasteiger partial charge in [0.25, 0.3) is 0 Å². The van der Waals surface area contributed by atoms with Gasteiger partial charge in [0.05, 0.1) is 23.6 Å². The Balaban J connectivity index is 1.24. The van der Waals surface area contributed by atoms with E-state index < -0.39 is 0 Å². The average molecular weight is 825 g/mol. The van der Waals surface area contributed by atoms with Gasteiger partial charge in [-0.25, -0.2) is 0 Å². The number of aromatic nitrogens is 2. The predicted octanol–water partition coefficient (Wildman–Crippen LogP) is 17.6. The summed E-state index contributed by atoms with van der Waals surface area (Å²) >= 11 is 0. The molecule has 2 fully saturated rings. The smallest absolute Gasteiger partial charge is 0.0861 e. The second-order valence-electron chi connectivity index (χ2n) is 19.5. The molecule has 0 radical (unpaired) electrons. The fourth-order valence-corrected chi connectivity index (χ4v) is 10.7. The van der Waals surface area contributed by atoms with Crippen LogP contribution in [0.4, 0.5) is 0 Å². The van der Waals surface area contributed by atoms with Gasteiger partial charge in [0, 0.05) is 23.5 Å². The van der Waals surface area contributed by atoms with Gasteiger partial charge in [0.1, 0.15) is 0 Å². The summed E-state index contributed by atoms with van der Waals surface area (Å²) in [7, 11) is 0. The first-order valence-electron chi connectivity index (χ1n) is 25.8. The fourth-order valence-electron chi connectivity index (χ4n) is 10.7.